The van der Waals surface area contributed by atoms with Gasteiger partial charge in [-0.2, -0.15) is 0 Å². The third-order valence-electron chi connectivity index (χ3n) is 1.96. The number of hydrogen-bond acceptors (Lipinski definition) is 2. The normalized spacial score (nSPS) is 9.69. The number of aliphatic hydroxyl groups is 1. The van der Waals surface area contributed by atoms with Crippen LogP contribution in [0.25, 0.3) is 0 Å². The van der Waals surface area contributed by atoms with E-state index in [4.69, 9.17) is 5.11 Å². The van der Waals surface area contributed by atoms with E-state index in [1.165, 1.54) is 0 Å². The molecule has 2 heteroatoms. The number of hydrogen-bond donors (Lipinski definition) is 1. The van der Waals surface area contributed by atoms with Gasteiger partial charge in [-0.1, -0.05) is 18.2 Å². The number of aliphatic hydroxyl groups excluding tert-OH is 1. The first-order valence-corrected chi connectivity index (χ1v) is 4.29. The zero-order chi connectivity index (χ0) is 9.68. The predicted molar refractivity (Wildman–Crippen MR) is 55.8 cm³/mol. The molecule has 0 fully saturated rings. The molecular formula is C11H15NO. The molecule has 1 rings (SSSR count). The summed E-state index contributed by atoms with van der Waals surface area (Å²) in [6.45, 7) is 4.61. The van der Waals surface area contributed by atoms with Gasteiger partial charge in [0.1, 0.15) is 0 Å². The second-order valence-electron chi connectivity index (χ2n) is 2.99. The fourth-order valence-electron chi connectivity index (χ4n) is 1.15. The van der Waals surface area contributed by atoms with Crippen molar-refractivity contribution in [1.29, 1.82) is 0 Å². The summed E-state index contributed by atoms with van der Waals surface area (Å²) in [4.78, 5) is 2.09. The number of likely N-dealkylation sites (N-methyl/N-ethyl adjacent to an activating group) is 1. The van der Waals surface area contributed by atoms with Crippen LogP contribution in [-0.4, -0.2) is 18.7 Å². The third-order valence-corrected chi connectivity index (χ3v) is 1.96. The van der Waals surface area contributed by atoms with Crippen molar-refractivity contribution in [1.82, 2.24) is 0 Å². The summed E-state index contributed by atoms with van der Waals surface area (Å²) < 4.78 is 0. The molecule has 0 aromatic heterocycles. The van der Waals surface area contributed by atoms with E-state index >= 15 is 0 Å². The molecular weight excluding hydrogens is 162 g/mol. The number of anilines is 1. The van der Waals surface area contributed by atoms with E-state index in [0.717, 1.165) is 17.8 Å². The SMILES string of the molecule is C=CCN(C)c1ccc(CO)cc1. The lowest BCUT2D eigenvalue weighted by Crippen LogP contribution is -2.16. The van der Waals surface area contributed by atoms with Crippen molar-refractivity contribution in [3.05, 3.63) is 42.5 Å². The number of nitrogens with zero attached hydrogens (tertiary/aromatic N) is 1. The maximum atomic E-state index is 8.84. The van der Waals surface area contributed by atoms with Crippen molar-refractivity contribution in [3.8, 4) is 0 Å². The fraction of sp³-hybridized carbons (Fsp3) is 0.273. The van der Waals surface area contributed by atoms with Gasteiger partial charge in [0.2, 0.25) is 0 Å². The average molecular weight is 177 g/mol. The Balaban J connectivity index is 2.73. The number of rotatable bonds is 4. The molecule has 0 bridgehead atoms. The average Bonchev–Trinajstić information content (AvgIpc) is 2.18. The minimum atomic E-state index is 0.103. The minimum Gasteiger partial charge on any atom is -0.392 e. The molecule has 0 unspecified atom stereocenters. The Kier molecular flexibility index (Phi) is 3.53. The lowest BCUT2D eigenvalue weighted by atomic mass is 10.2. The van der Waals surface area contributed by atoms with E-state index in [0.29, 0.717) is 0 Å². The standard InChI is InChI=1S/C11H15NO/c1-3-8-12(2)11-6-4-10(9-13)5-7-11/h3-7,13H,1,8-9H2,2H3. The number of benzene rings is 1. The Morgan fingerprint density at radius 1 is 1.38 bits per heavy atom. The van der Waals surface area contributed by atoms with Gasteiger partial charge in [-0.3, -0.25) is 0 Å². The van der Waals surface area contributed by atoms with Crippen LogP contribution in [0.4, 0.5) is 5.69 Å². The van der Waals surface area contributed by atoms with Gasteiger partial charge in [0.15, 0.2) is 0 Å². The maximum absolute atomic E-state index is 8.84. The first-order chi connectivity index (χ1) is 6.27. The molecule has 0 aliphatic carbocycles. The highest BCUT2D eigenvalue weighted by Gasteiger charge is 1.97. The highest BCUT2D eigenvalue weighted by molar-refractivity contribution is 5.47. The molecule has 0 saturated heterocycles. The smallest absolute Gasteiger partial charge is 0.0681 e. The predicted octanol–water partition coefficient (Wildman–Crippen LogP) is 1.80. The maximum Gasteiger partial charge on any atom is 0.0681 e. The van der Waals surface area contributed by atoms with Crippen molar-refractivity contribution >= 4 is 5.69 Å². The van der Waals surface area contributed by atoms with Crippen molar-refractivity contribution in [2.75, 3.05) is 18.5 Å². The fourth-order valence-corrected chi connectivity index (χ4v) is 1.15. The molecule has 1 N–H and O–H groups in total. The molecule has 0 aliphatic heterocycles. The molecule has 1 aromatic rings. The van der Waals surface area contributed by atoms with Crippen molar-refractivity contribution < 1.29 is 5.11 Å². The van der Waals surface area contributed by atoms with Crippen LogP contribution >= 0.6 is 0 Å². The van der Waals surface area contributed by atoms with Crippen LogP contribution in [-0.2, 0) is 6.61 Å². The zero-order valence-electron chi connectivity index (χ0n) is 7.90. The monoisotopic (exact) mass is 177 g/mol. The van der Waals surface area contributed by atoms with Crippen molar-refractivity contribution in [2.24, 2.45) is 0 Å². The Morgan fingerprint density at radius 3 is 2.46 bits per heavy atom. The largest absolute Gasteiger partial charge is 0.392 e. The van der Waals surface area contributed by atoms with Crippen LogP contribution in [0.3, 0.4) is 0 Å². The van der Waals surface area contributed by atoms with Crippen LogP contribution in [0.5, 0.6) is 0 Å². The quantitative estimate of drug-likeness (QED) is 0.709. The molecule has 0 heterocycles. The van der Waals surface area contributed by atoms with E-state index in [1.54, 1.807) is 0 Å². The molecule has 0 spiro atoms. The summed E-state index contributed by atoms with van der Waals surface area (Å²) in [6.07, 6.45) is 1.86. The van der Waals surface area contributed by atoms with Crippen LogP contribution in [0.15, 0.2) is 36.9 Å². The van der Waals surface area contributed by atoms with Gasteiger partial charge in [-0.15, -0.1) is 6.58 Å². The zero-order valence-corrected chi connectivity index (χ0v) is 7.90. The van der Waals surface area contributed by atoms with E-state index in [2.05, 4.69) is 11.5 Å². The molecule has 2 nitrogen and oxygen atoms in total. The summed E-state index contributed by atoms with van der Waals surface area (Å²) in [7, 11) is 2.01. The van der Waals surface area contributed by atoms with Crippen molar-refractivity contribution in [2.45, 2.75) is 6.61 Å². The summed E-state index contributed by atoms with van der Waals surface area (Å²) in [5, 5.41) is 8.84. The Hall–Kier alpha value is -1.28. The summed E-state index contributed by atoms with van der Waals surface area (Å²) in [5.74, 6) is 0. The summed E-state index contributed by atoms with van der Waals surface area (Å²) in [5.41, 5.74) is 2.08. The van der Waals surface area contributed by atoms with Gasteiger partial charge < -0.3 is 10.0 Å². The molecule has 1 aromatic carbocycles. The van der Waals surface area contributed by atoms with E-state index in [-0.39, 0.29) is 6.61 Å². The first kappa shape index (κ1) is 9.81. The molecule has 70 valence electrons. The molecule has 0 radical (unpaired) electrons. The molecule has 0 saturated carbocycles. The lowest BCUT2D eigenvalue weighted by molar-refractivity contribution is 0.282. The Bertz CT molecular complexity index is 266. The first-order valence-electron chi connectivity index (χ1n) is 4.29. The van der Waals surface area contributed by atoms with E-state index < -0.39 is 0 Å². The topological polar surface area (TPSA) is 23.5 Å². The third kappa shape index (κ3) is 2.60. The summed E-state index contributed by atoms with van der Waals surface area (Å²) >= 11 is 0. The van der Waals surface area contributed by atoms with Gasteiger partial charge in [0.25, 0.3) is 0 Å². The van der Waals surface area contributed by atoms with E-state index in [9.17, 15) is 0 Å². The van der Waals surface area contributed by atoms with Crippen LogP contribution in [0.1, 0.15) is 5.56 Å². The van der Waals surface area contributed by atoms with Crippen LogP contribution in [0.2, 0.25) is 0 Å². The highest BCUT2D eigenvalue weighted by Crippen LogP contribution is 2.13. The van der Waals surface area contributed by atoms with Gasteiger partial charge in [0.05, 0.1) is 6.61 Å². The van der Waals surface area contributed by atoms with Gasteiger partial charge >= 0.3 is 0 Å². The molecule has 13 heavy (non-hydrogen) atoms. The Morgan fingerprint density at radius 2 is 2.00 bits per heavy atom. The molecule has 0 aliphatic rings. The van der Waals surface area contributed by atoms with Gasteiger partial charge in [0, 0.05) is 19.3 Å². The van der Waals surface area contributed by atoms with Gasteiger partial charge in [-0.25, -0.2) is 0 Å². The van der Waals surface area contributed by atoms with Crippen molar-refractivity contribution in [3.63, 3.8) is 0 Å². The molecule has 0 atom stereocenters. The second kappa shape index (κ2) is 4.67. The Labute approximate surface area is 79.1 Å². The molecule has 0 amide bonds. The summed E-state index contributed by atoms with van der Waals surface area (Å²) in [6, 6.07) is 7.84. The minimum absolute atomic E-state index is 0.103. The van der Waals surface area contributed by atoms with E-state index in [1.807, 2.05) is 37.4 Å². The van der Waals surface area contributed by atoms with Crippen LogP contribution in [0, 0.1) is 0 Å². The van der Waals surface area contributed by atoms with Gasteiger partial charge in [-0.05, 0) is 17.7 Å². The lowest BCUT2D eigenvalue weighted by Gasteiger charge is -2.16. The highest BCUT2D eigenvalue weighted by atomic mass is 16.3. The van der Waals surface area contributed by atoms with Crippen LogP contribution < -0.4 is 4.90 Å². The second-order valence-corrected chi connectivity index (χ2v) is 2.99.